The van der Waals surface area contributed by atoms with E-state index in [2.05, 4.69) is 11.1 Å². The smallest absolute Gasteiger partial charge is 0.140 e. The zero-order chi connectivity index (χ0) is 5.82. The van der Waals surface area contributed by atoms with Gasteiger partial charge in [-0.25, -0.2) is 4.98 Å². The Hall–Kier alpha value is -1.36. The molecule has 0 bridgehead atoms. The predicted octanol–water partition coefficient (Wildman–Crippen LogP) is 0.753. The summed E-state index contributed by atoms with van der Waals surface area (Å²) in [5, 5.41) is 8.21. The van der Waals surface area contributed by atoms with Crippen LogP contribution in [0, 0.1) is 17.4 Å². The molecular formula is C6H3N2. The number of rotatable bonds is 0. The van der Waals surface area contributed by atoms with Gasteiger partial charge < -0.3 is 0 Å². The number of aromatic nitrogens is 1. The number of nitrogens with zero attached hydrogens (tertiary/aromatic N) is 2. The van der Waals surface area contributed by atoms with Crippen molar-refractivity contribution in [1.82, 2.24) is 4.98 Å². The van der Waals surface area contributed by atoms with Crippen LogP contribution in [0.25, 0.3) is 0 Å². The first-order chi connectivity index (χ1) is 3.93. The molecular weight excluding hydrogens is 100 g/mol. The molecule has 37 valence electrons. The first kappa shape index (κ1) is 4.79. The van der Waals surface area contributed by atoms with E-state index in [4.69, 9.17) is 5.26 Å². The van der Waals surface area contributed by atoms with E-state index in [1.807, 2.05) is 6.07 Å². The topological polar surface area (TPSA) is 36.7 Å². The van der Waals surface area contributed by atoms with Crippen LogP contribution in [0.4, 0.5) is 0 Å². The van der Waals surface area contributed by atoms with Gasteiger partial charge in [0.1, 0.15) is 11.8 Å². The van der Waals surface area contributed by atoms with E-state index in [9.17, 15) is 0 Å². The van der Waals surface area contributed by atoms with E-state index in [1.54, 1.807) is 12.1 Å². The lowest BCUT2D eigenvalue weighted by Gasteiger charge is -1.78. The summed E-state index contributed by atoms with van der Waals surface area (Å²) >= 11 is 0. The normalized spacial score (nSPS) is 7.88. The first-order valence-corrected chi connectivity index (χ1v) is 2.15. The van der Waals surface area contributed by atoms with Crippen LogP contribution in [-0.2, 0) is 0 Å². The molecule has 1 aromatic rings. The summed E-state index contributed by atoms with van der Waals surface area (Å²) < 4.78 is 0. The van der Waals surface area contributed by atoms with Gasteiger partial charge in [0, 0.05) is 12.3 Å². The Kier molecular flexibility index (Phi) is 1.25. The molecule has 0 aliphatic carbocycles. The average Bonchev–Trinajstić information content (AvgIpc) is 1.90. The Bertz CT molecular complexity index is 198. The molecule has 2 nitrogen and oxygen atoms in total. The van der Waals surface area contributed by atoms with Gasteiger partial charge in [-0.2, -0.15) is 5.26 Å². The lowest BCUT2D eigenvalue weighted by atomic mass is 10.4. The van der Waals surface area contributed by atoms with E-state index in [-0.39, 0.29) is 0 Å². The highest BCUT2D eigenvalue weighted by Gasteiger charge is 1.81. The SMILES string of the molecule is N#Cc1cc[c]cn1. The molecule has 0 spiro atoms. The third kappa shape index (κ3) is 0.824. The summed E-state index contributed by atoms with van der Waals surface area (Å²) in [5.74, 6) is 0. The molecule has 0 unspecified atom stereocenters. The number of nitriles is 1. The molecule has 2 heteroatoms. The van der Waals surface area contributed by atoms with Crippen molar-refractivity contribution in [3.63, 3.8) is 0 Å². The van der Waals surface area contributed by atoms with Crippen LogP contribution in [0.3, 0.4) is 0 Å². The second kappa shape index (κ2) is 2.08. The van der Waals surface area contributed by atoms with Crippen molar-refractivity contribution in [3.05, 3.63) is 30.1 Å². The lowest BCUT2D eigenvalue weighted by Crippen LogP contribution is -1.75. The van der Waals surface area contributed by atoms with E-state index >= 15 is 0 Å². The van der Waals surface area contributed by atoms with Crippen LogP contribution in [0.5, 0.6) is 0 Å². The maximum Gasteiger partial charge on any atom is 0.140 e. The van der Waals surface area contributed by atoms with Crippen molar-refractivity contribution in [2.24, 2.45) is 0 Å². The van der Waals surface area contributed by atoms with Gasteiger partial charge in [-0.15, -0.1) is 0 Å². The van der Waals surface area contributed by atoms with Crippen LogP contribution in [0.1, 0.15) is 5.69 Å². The van der Waals surface area contributed by atoms with Crippen molar-refractivity contribution in [1.29, 1.82) is 5.26 Å². The summed E-state index contributed by atoms with van der Waals surface area (Å²) in [6.07, 6.45) is 1.47. The predicted molar refractivity (Wildman–Crippen MR) is 27.8 cm³/mol. The number of pyridine rings is 1. The van der Waals surface area contributed by atoms with Crippen LogP contribution < -0.4 is 0 Å². The van der Waals surface area contributed by atoms with Gasteiger partial charge in [-0.1, -0.05) is 0 Å². The standard InChI is InChI=1S/C6H3N2/c7-5-6-3-1-2-4-8-6/h1,3-4H. The minimum Gasteiger partial charge on any atom is -0.245 e. The second-order valence-corrected chi connectivity index (χ2v) is 1.26. The van der Waals surface area contributed by atoms with Crippen LogP contribution in [0.2, 0.25) is 0 Å². The fourth-order valence-electron chi connectivity index (χ4n) is 0.386. The zero-order valence-corrected chi connectivity index (χ0v) is 4.13. The fourth-order valence-corrected chi connectivity index (χ4v) is 0.386. The van der Waals surface area contributed by atoms with Crippen LogP contribution in [0.15, 0.2) is 18.3 Å². The van der Waals surface area contributed by atoms with Crippen LogP contribution in [-0.4, -0.2) is 4.98 Å². The molecule has 1 radical (unpaired) electrons. The molecule has 0 saturated heterocycles. The maximum atomic E-state index is 8.21. The van der Waals surface area contributed by atoms with Crippen molar-refractivity contribution >= 4 is 0 Å². The van der Waals surface area contributed by atoms with Crippen molar-refractivity contribution in [2.45, 2.75) is 0 Å². The molecule has 0 aromatic carbocycles. The van der Waals surface area contributed by atoms with Crippen molar-refractivity contribution in [3.8, 4) is 6.07 Å². The van der Waals surface area contributed by atoms with Gasteiger partial charge >= 0.3 is 0 Å². The lowest BCUT2D eigenvalue weighted by molar-refractivity contribution is 1.26. The minimum atomic E-state index is 0.434. The molecule has 1 aromatic heterocycles. The highest BCUT2D eigenvalue weighted by atomic mass is 14.7. The maximum absolute atomic E-state index is 8.21. The fraction of sp³-hybridized carbons (Fsp3) is 0. The molecule has 1 rings (SSSR count). The average molecular weight is 103 g/mol. The zero-order valence-electron chi connectivity index (χ0n) is 4.13. The Morgan fingerprint density at radius 1 is 1.75 bits per heavy atom. The molecule has 0 amide bonds. The van der Waals surface area contributed by atoms with Gasteiger partial charge in [-0.3, -0.25) is 0 Å². The Labute approximate surface area is 47.4 Å². The molecule has 8 heavy (non-hydrogen) atoms. The number of hydrogen-bond acceptors (Lipinski definition) is 2. The largest absolute Gasteiger partial charge is 0.245 e. The highest BCUT2D eigenvalue weighted by Crippen LogP contribution is 1.86. The third-order valence-electron chi connectivity index (χ3n) is 0.730. The number of hydrogen-bond donors (Lipinski definition) is 0. The van der Waals surface area contributed by atoms with Gasteiger partial charge in [0.25, 0.3) is 0 Å². The molecule has 0 atom stereocenters. The van der Waals surface area contributed by atoms with Gasteiger partial charge in [-0.05, 0) is 12.1 Å². The van der Waals surface area contributed by atoms with Gasteiger partial charge in [0.15, 0.2) is 0 Å². The molecule has 0 aliphatic rings. The Balaban J connectivity index is 3.05. The van der Waals surface area contributed by atoms with Crippen LogP contribution >= 0.6 is 0 Å². The summed E-state index contributed by atoms with van der Waals surface area (Å²) in [5.41, 5.74) is 0.434. The van der Waals surface area contributed by atoms with E-state index in [1.165, 1.54) is 6.20 Å². The highest BCUT2D eigenvalue weighted by molar-refractivity contribution is 5.17. The van der Waals surface area contributed by atoms with Crippen molar-refractivity contribution in [2.75, 3.05) is 0 Å². The summed E-state index contributed by atoms with van der Waals surface area (Å²) in [4.78, 5) is 3.68. The van der Waals surface area contributed by atoms with Gasteiger partial charge in [0.05, 0.1) is 0 Å². The summed E-state index contributed by atoms with van der Waals surface area (Å²) in [6, 6.07) is 7.87. The molecule has 0 N–H and O–H groups in total. The third-order valence-corrected chi connectivity index (χ3v) is 0.730. The molecule has 0 fully saturated rings. The molecule has 1 heterocycles. The van der Waals surface area contributed by atoms with E-state index in [0.717, 1.165) is 0 Å². The quantitative estimate of drug-likeness (QED) is 0.486. The Morgan fingerprint density at radius 3 is 3.00 bits per heavy atom. The monoisotopic (exact) mass is 103 g/mol. The second-order valence-electron chi connectivity index (χ2n) is 1.26. The summed E-state index contributed by atoms with van der Waals surface area (Å²) in [7, 11) is 0. The van der Waals surface area contributed by atoms with E-state index < -0.39 is 0 Å². The first-order valence-electron chi connectivity index (χ1n) is 2.15. The minimum absolute atomic E-state index is 0.434. The summed E-state index contributed by atoms with van der Waals surface area (Å²) in [6.45, 7) is 0. The van der Waals surface area contributed by atoms with E-state index in [0.29, 0.717) is 5.69 Å². The molecule has 0 saturated carbocycles. The molecule has 0 aliphatic heterocycles. The van der Waals surface area contributed by atoms with Gasteiger partial charge in [0.2, 0.25) is 0 Å². The van der Waals surface area contributed by atoms with Crippen molar-refractivity contribution < 1.29 is 0 Å². The Morgan fingerprint density at radius 2 is 2.62 bits per heavy atom.